The van der Waals surface area contributed by atoms with E-state index in [2.05, 4.69) is 6.92 Å². The monoisotopic (exact) mass is 319 g/mol. The lowest BCUT2D eigenvalue weighted by Gasteiger charge is -2.13. The van der Waals surface area contributed by atoms with Gasteiger partial charge >= 0.3 is 0 Å². The maximum atomic E-state index is 12.6. The van der Waals surface area contributed by atoms with Crippen LogP contribution >= 0.6 is 0 Å². The van der Waals surface area contributed by atoms with Gasteiger partial charge in [0, 0.05) is 11.8 Å². The van der Waals surface area contributed by atoms with Crippen molar-refractivity contribution >= 4 is 28.5 Å². The summed E-state index contributed by atoms with van der Waals surface area (Å²) in [4.78, 5) is 26.4. The second-order valence-corrected chi connectivity index (χ2v) is 6.03. The molecule has 0 aliphatic carbocycles. The summed E-state index contributed by atoms with van der Waals surface area (Å²) in [5, 5.41) is 0.912. The Bertz CT molecular complexity index is 919. The van der Waals surface area contributed by atoms with Crippen molar-refractivity contribution in [3.05, 3.63) is 65.4 Å². The fourth-order valence-corrected chi connectivity index (χ4v) is 3.12. The van der Waals surface area contributed by atoms with E-state index in [4.69, 9.17) is 4.42 Å². The Kier molecular flexibility index (Phi) is 3.45. The molecule has 0 fully saturated rings. The van der Waals surface area contributed by atoms with Crippen molar-refractivity contribution in [3.63, 3.8) is 0 Å². The predicted octanol–water partition coefficient (Wildman–Crippen LogP) is 4.58. The van der Waals surface area contributed by atoms with E-state index < -0.39 is 0 Å². The van der Waals surface area contributed by atoms with Crippen LogP contribution in [0.2, 0.25) is 0 Å². The zero-order valence-electron chi connectivity index (χ0n) is 13.4. The Morgan fingerprint density at radius 1 is 0.958 bits per heavy atom. The summed E-state index contributed by atoms with van der Waals surface area (Å²) in [6, 6.07) is 14.3. The highest BCUT2D eigenvalue weighted by molar-refractivity contribution is 6.34. The fourth-order valence-electron chi connectivity index (χ4n) is 3.12. The van der Waals surface area contributed by atoms with Crippen LogP contribution < -0.4 is 4.90 Å². The molecule has 0 unspecified atom stereocenters. The number of aryl methyl sites for hydroxylation is 1. The topological polar surface area (TPSA) is 50.5 Å². The van der Waals surface area contributed by atoms with E-state index in [1.807, 2.05) is 18.2 Å². The molecule has 4 nitrogen and oxygen atoms in total. The van der Waals surface area contributed by atoms with E-state index >= 15 is 0 Å². The van der Waals surface area contributed by atoms with Crippen LogP contribution in [0.5, 0.6) is 0 Å². The van der Waals surface area contributed by atoms with Crippen LogP contribution in [0, 0.1) is 0 Å². The first-order chi connectivity index (χ1) is 11.7. The summed E-state index contributed by atoms with van der Waals surface area (Å²) in [6.07, 6.45) is 3.08. The summed E-state index contributed by atoms with van der Waals surface area (Å²) in [7, 11) is 0. The number of nitrogens with zero attached hydrogens (tertiary/aromatic N) is 1. The smallest absolute Gasteiger partial charge is 0.266 e. The third-order valence-corrected chi connectivity index (χ3v) is 4.38. The average Bonchev–Trinajstić information content (AvgIpc) is 3.12. The second kappa shape index (κ2) is 5.64. The van der Waals surface area contributed by atoms with Gasteiger partial charge in [0.05, 0.1) is 16.8 Å². The molecule has 0 atom stereocenters. The summed E-state index contributed by atoms with van der Waals surface area (Å²) in [6.45, 7) is 2.14. The van der Waals surface area contributed by atoms with Crippen molar-refractivity contribution in [3.8, 4) is 0 Å². The van der Waals surface area contributed by atoms with Gasteiger partial charge in [0.2, 0.25) is 0 Å². The van der Waals surface area contributed by atoms with Crippen LogP contribution in [0.15, 0.2) is 52.9 Å². The summed E-state index contributed by atoms with van der Waals surface area (Å²) in [5.74, 6) is 0.390. The maximum absolute atomic E-state index is 12.6. The van der Waals surface area contributed by atoms with Gasteiger partial charge in [-0.25, -0.2) is 4.90 Å². The molecular formula is C20H17NO3. The average molecular weight is 319 g/mol. The molecule has 0 saturated carbocycles. The highest BCUT2D eigenvalue weighted by Crippen LogP contribution is 2.31. The van der Waals surface area contributed by atoms with Crippen molar-refractivity contribution < 1.29 is 14.0 Å². The second-order valence-electron chi connectivity index (χ2n) is 6.03. The lowest BCUT2D eigenvalue weighted by molar-refractivity contribution is 0.0926. The van der Waals surface area contributed by atoms with Gasteiger partial charge < -0.3 is 4.42 Å². The van der Waals surface area contributed by atoms with Crippen molar-refractivity contribution in [2.75, 3.05) is 4.90 Å². The van der Waals surface area contributed by atoms with E-state index in [9.17, 15) is 9.59 Å². The number of carbonyl (C=O) groups excluding carboxylic acids is 2. The maximum Gasteiger partial charge on any atom is 0.266 e. The lowest BCUT2D eigenvalue weighted by atomic mass is 10.1. The molecule has 1 aromatic heterocycles. The Morgan fingerprint density at radius 3 is 2.33 bits per heavy atom. The molecule has 120 valence electrons. The number of anilines is 1. The Hall–Kier alpha value is -2.88. The molecule has 0 N–H and O–H groups in total. The molecular weight excluding hydrogens is 302 g/mol. The minimum Gasteiger partial charge on any atom is -0.461 e. The molecule has 2 heterocycles. The number of benzene rings is 2. The number of unbranched alkanes of at least 4 members (excludes halogenated alkanes) is 1. The van der Waals surface area contributed by atoms with E-state index in [0.29, 0.717) is 16.8 Å². The first-order valence-corrected chi connectivity index (χ1v) is 8.19. The molecule has 0 spiro atoms. The molecule has 4 heteroatoms. The first-order valence-electron chi connectivity index (χ1n) is 8.19. The quantitative estimate of drug-likeness (QED) is 0.662. The Labute approximate surface area is 139 Å². The van der Waals surface area contributed by atoms with Crippen LogP contribution in [0.3, 0.4) is 0 Å². The van der Waals surface area contributed by atoms with E-state index in [1.54, 1.807) is 30.3 Å². The van der Waals surface area contributed by atoms with Crippen LogP contribution in [0.4, 0.5) is 5.69 Å². The molecule has 2 aromatic carbocycles. The molecule has 0 bridgehead atoms. The number of fused-ring (bicyclic) bond motifs is 2. The van der Waals surface area contributed by atoms with E-state index in [-0.39, 0.29) is 11.8 Å². The summed E-state index contributed by atoms with van der Waals surface area (Å²) in [5.41, 5.74) is 2.27. The van der Waals surface area contributed by atoms with Crippen LogP contribution in [0.1, 0.15) is 46.2 Å². The standard InChI is InChI=1S/C20H17NO3/c1-2-3-6-15-12-13-11-14(9-10-18(13)24-15)21-19(22)16-7-4-5-8-17(16)20(21)23/h4-5,7-12H,2-3,6H2,1H3. The normalized spacial score (nSPS) is 13.8. The van der Waals surface area contributed by atoms with Gasteiger partial charge in [0.25, 0.3) is 11.8 Å². The number of hydrogen-bond donors (Lipinski definition) is 0. The summed E-state index contributed by atoms with van der Waals surface area (Å²) >= 11 is 0. The highest BCUT2D eigenvalue weighted by atomic mass is 16.3. The molecule has 2 amide bonds. The minimum absolute atomic E-state index is 0.273. The zero-order valence-corrected chi connectivity index (χ0v) is 13.4. The van der Waals surface area contributed by atoms with Gasteiger partial charge in [0.1, 0.15) is 11.3 Å². The fraction of sp³-hybridized carbons (Fsp3) is 0.200. The Balaban J connectivity index is 1.72. The number of furan rings is 1. The molecule has 0 radical (unpaired) electrons. The van der Waals surface area contributed by atoms with Crippen molar-refractivity contribution in [2.45, 2.75) is 26.2 Å². The molecule has 1 aliphatic heterocycles. The number of imide groups is 1. The van der Waals surface area contributed by atoms with Crippen LogP contribution in [-0.4, -0.2) is 11.8 Å². The van der Waals surface area contributed by atoms with Crippen molar-refractivity contribution in [1.29, 1.82) is 0 Å². The molecule has 24 heavy (non-hydrogen) atoms. The van der Waals surface area contributed by atoms with Crippen LogP contribution in [-0.2, 0) is 6.42 Å². The Morgan fingerprint density at radius 2 is 1.67 bits per heavy atom. The number of carbonyl (C=O) groups is 2. The van der Waals surface area contributed by atoms with Gasteiger partial charge in [-0.05, 0) is 42.8 Å². The lowest BCUT2D eigenvalue weighted by Crippen LogP contribution is -2.29. The number of rotatable bonds is 4. The van der Waals surface area contributed by atoms with Gasteiger partial charge in [0.15, 0.2) is 0 Å². The third-order valence-electron chi connectivity index (χ3n) is 4.38. The zero-order chi connectivity index (χ0) is 16.7. The summed E-state index contributed by atoms with van der Waals surface area (Å²) < 4.78 is 5.81. The van der Waals surface area contributed by atoms with Crippen molar-refractivity contribution in [2.24, 2.45) is 0 Å². The van der Waals surface area contributed by atoms with Gasteiger partial charge in [-0.2, -0.15) is 0 Å². The third kappa shape index (κ3) is 2.22. The molecule has 3 aromatic rings. The molecule has 0 saturated heterocycles. The van der Waals surface area contributed by atoms with Crippen LogP contribution in [0.25, 0.3) is 11.0 Å². The van der Waals surface area contributed by atoms with Crippen molar-refractivity contribution in [1.82, 2.24) is 0 Å². The minimum atomic E-state index is -0.273. The molecule has 4 rings (SSSR count). The molecule has 1 aliphatic rings. The SMILES string of the molecule is CCCCc1cc2cc(N3C(=O)c4ccccc4C3=O)ccc2o1. The van der Waals surface area contributed by atoms with E-state index in [1.165, 1.54) is 4.90 Å². The highest BCUT2D eigenvalue weighted by Gasteiger charge is 2.36. The number of amides is 2. The van der Waals surface area contributed by atoms with Gasteiger partial charge in [-0.15, -0.1) is 0 Å². The largest absolute Gasteiger partial charge is 0.461 e. The van der Waals surface area contributed by atoms with Gasteiger partial charge in [-0.1, -0.05) is 25.5 Å². The number of hydrogen-bond acceptors (Lipinski definition) is 3. The predicted molar refractivity (Wildman–Crippen MR) is 92.4 cm³/mol. The first kappa shape index (κ1) is 14.7. The van der Waals surface area contributed by atoms with Gasteiger partial charge in [-0.3, -0.25) is 9.59 Å². The van der Waals surface area contributed by atoms with E-state index in [0.717, 1.165) is 36.0 Å².